The van der Waals surface area contributed by atoms with Gasteiger partial charge < -0.3 is 15.6 Å². The second kappa shape index (κ2) is 5.40. The number of H-pyrrole nitrogens is 1. The summed E-state index contributed by atoms with van der Waals surface area (Å²) < 4.78 is 0. The van der Waals surface area contributed by atoms with Crippen LogP contribution in [-0.4, -0.2) is 35.0 Å². The first kappa shape index (κ1) is 12.2. The molecule has 0 aliphatic carbocycles. The van der Waals surface area contributed by atoms with Crippen molar-refractivity contribution in [1.29, 1.82) is 0 Å². The fourth-order valence-electron chi connectivity index (χ4n) is 2.54. The number of aromatic amines is 1. The zero-order valence-corrected chi connectivity index (χ0v) is 10.8. The molecule has 0 saturated carbocycles. The van der Waals surface area contributed by atoms with Gasteiger partial charge in [-0.1, -0.05) is 0 Å². The maximum absolute atomic E-state index is 12.0. The molecular weight excluding hydrogens is 240 g/mol. The lowest BCUT2D eigenvalue weighted by molar-refractivity contribution is 0.0952. The summed E-state index contributed by atoms with van der Waals surface area (Å²) in [5, 5.41) is 6.40. The topological polar surface area (TPSA) is 69.8 Å². The lowest BCUT2D eigenvalue weighted by Gasteiger charge is -2.10. The minimum absolute atomic E-state index is 0.0190. The molecule has 1 aromatic heterocycles. The van der Waals surface area contributed by atoms with Gasteiger partial charge in [-0.05, 0) is 44.0 Å². The van der Waals surface area contributed by atoms with Crippen molar-refractivity contribution in [3.8, 4) is 0 Å². The first-order valence-electron chi connectivity index (χ1n) is 6.77. The summed E-state index contributed by atoms with van der Waals surface area (Å²) in [5.41, 5.74) is 2.45. The third-order valence-corrected chi connectivity index (χ3v) is 3.62. The van der Waals surface area contributed by atoms with E-state index in [1.807, 2.05) is 18.2 Å². The molecule has 1 aromatic carbocycles. The van der Waals surface area contributed by atoms with Gasteiger partial charge in [0.25, 0.3) is 5.91 Å². The minimum atomic E-state index is -0.0190. The quantitative estimate of drug-likeness (QED) is 0.777. The highest BCUT2D eigenvalue weighted by atomic mass is 16.1. The standard InChI is InChI=1S/C14H18N4O/c19-14(16-7-5-11-2-1-6-15-11)10-3-4-12-13(8-10)18-9-17-12/h3-4,8-9,11,15H,1-2,5-7H2,(H,16,19)(H,17,18)/t11-/m0/s1. The van der Waals surface area contributed by atoms with Crippen molar-refractivity contribution >= 4 is 16.9 Å². The van der Waals surface area contributed by atoms with E-state index in [0.717, 1.165) is 30.5 Å². The van der Waals surface area contributed by atoms with Crippen LogP contribution < -0.4 is 10.6 Å². The number of rotatable bonds is 4. The summed E-state index contributed by atoms with van der Waals surface area (Å²) in [6.07, 6.45) is 5.10. The smallest absolute Gasteiger partial charge is 0.251 e. The second-order valence-corrected chi connectivity index (χ2v) is 4.97. The average Bonchev–Trinajstić information content (AvgIpc) is 3.08. The van der Waals surface area contributed by atoms with Gasteiger partial charge in [0.2, 0.25) is 0 Å². The number of amides is 1. The molecule has 5 heteroatoms. The summed E-state index contributed by atoms with van der Waals surface area (Å²) in [7, 11) is 0. The fraction of sp³-hybridized carbons (Fsp3) is 0.429. The number of aromatic nitrogens is 2. The number of fused-ring (bicyclic) bond motifs is 1. The highest BCUT2D eigenvalue weighted by Gasteiger charge is 2.14. The molecule has 5 nitrogen and oxygen atoms in total. The Balaban J connectivity index is 1.56. The molecule has 3 rings (SSSR count). The largest absolute Gasteiger partial charge is 0.352 e. The van der Waals surface area contributed by atoms with Crippen molar-refractivity contribution in [2.75, 3.05) is 13.1 Å². The number of nitrogens with one attached hydrogen (secondary N) is 3. The van der Waals surface area contributed by atoms with E-state index in [9.17, 15) is 4.79 Å². The number of imidazole rings is 1. The maximum Gasteiger partial charge on any atom is 0.251 e. The monoisotopic (exact) mass is 258 g/mol. The summed E-state index contributed by atoms with van der Waals surface area (Å²) >= 11 is 0. The third kappa shape index (κ3) is 2.76. The van der Waals surface area contributed by atoms with Gasteiger partial charge in [-0.25, -0.2) is 4.98 Å². The first-order valence-corrected chi connectivity index (χ1v) is 6.77. The number of hydrogen-bond acceptors (Lipinski definition) is 3. The van der Waals surface area contributed by atoms with Gasteiger partial charge in [-0.2, -0.15) is 0 Å². The summed E-state index contributed by atoms with van der Waals surface area (Å²) in [4.78, 5) is 19.2. The zero-order valence-electron chi connectivity index (χ0n) is 10.8. The Hall–Kier alpha value is -1.88. The SMILES string of the molecule is O=C(NCC[C@@H]1CCCN1)c1ccc2nc[nH]c2c1. The average molecular weight is 258 g/mol. The van der Waals surface area contributed by atoms with E-state index in [1.54, 1.807) is 6.33 Å². The Kier molecular flexibility index (Phi) is 3.46. The predicted molar refractivity (Wildman–Crippen MR) is 74.1 cm³/mol. The Morgan fingerprint density at radius 3 is 3.26 bits per heavy atom. The normalized spacial score (nSPS) is 18.8. The third-order valence-electron chi connectivity index (χ3n) is 3.62. The molecule has 3 N–H and O–H groups in total. The first-order chi connectivity index (χ1) is 9.33. The van der Waals surface area contributed by atoms with Crippen LogP contribution in [0, 0.1) is 0 Å². The molecule has 0 spiro atoms. The van der Waals surface area contributed by atoms with Crippen LogP contribution in [0.5, 0.6) is 0 Å². The van der Waals surface area contributed by atoms with E-state index in [4.69, 9.17) is 0 Å². The van der Waals surface area contributed by atoms with Crippen molar-refractivity contribution < 1.29 is 4.79 Å². The van der Waals surface area contributed by atoms with Crippen LogP contribution in [0.1, 0.15) is 29.6 Å². The second-order valence-electron chi connectivity index (χ2n) is 4.97. The molecule has 1 aliphatic heterocycles. The van der Waals surface area contributed by atoms with Crippen LogP contribution >= 0.6 is 0 Å². The molecule has 2 heterocycles. The molecular formula is C14H18N4O. The molecule has 0 bridgehead atoms. The van der Waals surface area contributed by atoms with E-state index in [1.165, 1.54) is 12.8 Å². The van der Waals surface area contributed by atoms with Crippen LogP contribution in [0.4, 0.5) is 0 Å². The van der Waals surface area contributed by atoms with Crippen LogP contribution in [0.2, 0.25) is 0 Å². The Morgan fingerprint density at radius 2 is 2.42 bits per heavy atom. The van der Waals surface area contributed by atoms with Crippen molar-refractivity contribution in [1.82, 2.24) is 20.6 Å². The van der Waals surface area contributed by atoms with Gasteiger partial charge in [-0.3, -0.25) is 4.79 Å². The number of carbonyl (C=O) groups is 1. The van der Waals surface area contributed by atoms with E-state index < -0.39 is 0 Å². The molecule has 100 valence electrons. The van der Waals surface area contributed by atoms with E-state index in [2.05, 4.69) is 20.6 Å². The predicted octanol–water partition coefficient (Wildman–Crippen LogP) is 1.43. The minimum Gasteiger partial charge on any atom is -0.352 e. The lowest BCUT2D eigenvalue weighted by atomic mass is 10.1. The van der Waals surface area contributed by atoms with Crippen molar-refractivity contribution in [3.05, 3.63) is 30.1 Å². The molecule has 19 heavy (non-hydrogen) atoms. The number of benzene rings is 1. The number of hydrogen-bond donors (Lipinski definition) is 3. The van der Waals surface area contributed by atoms with Gasteiger partial charge in [0, 0.05) is 18.2 Å². The van der Waals surface area contributed by atoms with Crippen molar-refractivity contribution in [3.63, 3.8) is 0 Å². The molecule has 0 unspecified atom stereocenters. The Labute approximate surface area is 111 Å². The maximum atomic E-state index is 12.0. The van der Waals surface area contributed by atoms with Gasteiger partial charge in [-0.15, -0.1) is 0 Å². The molecule has 1 fully saturated rings. The Bertz CT molecular complexity index is 572. The van der Waals surface area contributed by atoms with Crippen LogP contribution in [0.3, 0.4) is 0 Å². The fourth-order valence-corrected chi connectivity index (χ4v) is 2.54. The van der Waals surface area contributed by atoms with Crippen LogP contribution in [0.15, 0.2) is 24.5 Å². The highest BCUT2D eigenvalue weighted by molar-refractivity contribution is 5.97. The van der Waals surface area contributed by atoms with Gasteiger partial charge >= 0.3 is 0 Å². The van der Waals surface area contributed by atoms with E-state index >= 15 is 0 Å². The molecule has 1 amide bonds. The van der Waals surface area contributed by atoms with Crippen molar-refractivity contribution in [2.45, 2.75) is 25.3 Å². The molecule has 1 saturated heterocycles. The lowest BCUT2D eigenvalue weighted by Crippen LogP contribution is -2.30. The summed E-state index contributed by atoms with van der Waals surface area (Å²) in [6.45, 7) is 1.83. The highest BCUT2D eigenvalue weighted by Crippen LogP contribution is 2.12. The van der Waals surface area contributed by atoms with E-state index in [0.29, 0.717) is 11.6 Å². The Morgan fingerprint density at radius 1 is 1.47 bits per heavy atom. The zero-order chi connectivity index (χ0) is 13.1. The molecule has 1 atom stereocenters. The van der Waals surface area contributed by atoms with Gasteiger partial charge in [0.1, 0.15) is 0 Å². The summed E-state index contributed by atoms with van der Waals surface area (Å²) in [5.74, 6) is -0.0190. The van der Waals surface area contributed by atoms with Crippen molar-refractivity contribution in [2.24, 2.45) is 0 Å². The van der Waals surface area contributed by atoms with Gasteiger partial charge in [0.15, 0.2) is 0 Å². The van der Waals surface area contributed by atoms with Crippen LogP contribution in [-0.2, 0) is 0 Å². The van der Waals surface area contributed by atoms with Crippen LogP contribution in [0.25, 0.3) is 11.0 Å². The molecule has 1 aliphatic rings. The van der Waals surface area contributed by atoms with E-state index in [-0.39, 0.29) is 5.91 Å². The number of nitrogens with zero attached hydrogens (tertiary/aromatic N) is 1. The number of carbonyl (C=O) groups excluding carboxylic acids is 1. The summed E-state index contributed by atoms with van der Waals surface area (Å²) in [6, 6.07) is 6.08. The molecule has 2 aromatic rings. The van der Waals surface area contributed by atoms with Gasteiger partial charge in [0.05, 0.1) is 17.4 Å². The molecule has 0 radical (unpaired) electrons.